The van der Waals surface area contributed by atoms with E-state index in [9.17, 15) is 29.1 Å². The van der Waals surface area contributed by atoms with Crippen LogP contribution in [-0.4, -0.2) is 45.3 Å². The summed E-state index contributed by atoms with van der Waals surface area (Å²) in [5, 5.41) is 22.1. The molecule has 3 aromatic carbocycles. The average molecular weight is 577 g/mol. The predicted molar refractivity (Wildman–Crippen MR) is 160 cm³/mol. The number of anilines is 1. The SMILES string of the molecule is Cc1c(-c2c(C#N)cc(C(N)=O)c3[nH]c4cc(C(C)(C)O)ccc4c23)cccc1N1C(=O)C2C=CC=C(F)C2=[N+](C)C1=O. The molecular weight excluding hydrogens is 549 g/mol. The van der Waals surface area contributed by atoms with E-state index in [1.54, 1.807) is 63.2 Å². The fourth-order valence-electron chi connectivity index (χ4n) is 6.01. The molecule has 0 saturated heterocycles. The number of amides is 4. The van der Waals surface area contributed by atoms with Crippen molar-refractivity contribution in [3.63, 3.8) is 0 Å². The number of fused-ring (bicyclic) bond motifs is 4. The molecule has 6 rings (SSSR count). The van der Waals surface area contributed by atoms with Crippen molar-refractivity contribution >= 4 is 51.1 Å². The van der Waals surface area contributed by atoms with E-state index >= 15 is 0 Å². The number of carbonyl (C=O) groups excluding carboxylic acids is 3. The van der Waals surface area contributed by atoms with Gasteiger partial charge in [0.25, 0.3) is 5.91 Å². The van der Waals surface area contributed by atoms with Crippen molar-refractivity contribution in [2.24, 2.45) is 11.7 Å². The first-order valence-electron chi connectivity index (χ1n) is 13.5. The van der Waals surface area contributed by atoms with Gasteiger partial charge in [-0.1, -0.05) is 36.4 Å². The van der Waals surface area contributed by atoms with E-state index in [0.717, 1.165) is 9.48 Å². The average Bonchev–Trinajstić information content (AvgIpc) is 3.34. The van der Waals surface area contributed by atoms with E-state index < -0.39 is 35.2 Å². The number of aromatic nitrogens is 1. The van der Waals surface area contributed by atoms with Gasteiger partial charge < -0.3 is 15.8 Å². The van der Waals surface area contributed by atoms with Crippen molar-refractivity contribution in [2.75, 3.05) is 11.9 Å². The molecule has 9 nitrogen and oxygen atoms in total. The fourth-order valence-corrected chi connectivity index (χ4v) is 6.01. The van der Waals surface area contributed by atoms with Gasteiger partial charge in [-0.25, -0.2) is 9.18 Å². The van der Waals surface area contributed by atoms with Gasteiger partial charge in [-0.2, -0.15) is 14.6 Å². The van der Waals surface area contributed by atoms with Crippen molar-refractivity contribution in [1.82, 2.24) is 4.98 Å². The summed E-state index contributed by atoms with van der Waals surface area (Å²) in [5.41, 5.74) is 8.37. The Hall–Kier alpha value is -5.40. The molecule has 1 aromatic heterocycles. The van der Waals surface area contributed by atoms with Crippen LogP contribution >= 0.6 is 0 Å². The molecule has 0 fully saturated rings. The number of primary amides is 1. The number of nitrogens with two attached hydrogens (primary N) is 1. The lowest BCUT2D eigenvalue weighted by Gasteiger charge is -2.27. The number of benzene rings is 3. The van der Waals surface area contributed by atoms with Crippen LogP contribution < -0.4 is 10.6 Å². The number of aliphatic hydroxyl groups is 1. The van der Waals surface area contributed by atoms with E-state index in [4.69, 9.17) is 5.73 Å². The third-order valence-corrected chi connectivity index (χ3v) is 8.20. The number of nitriles is 1. The van der Waals surface area contributed by atoms with Gasteiger partial charge in [0.15, 0.2) is 11.5 Å². The van der Waals surface area contributed by atoms with Gasteiger partial charge in [-0.05, 0) is 56.2 Å². The molecule has 0 radical (unpaired) electrons. The van der Waals surface area contributed by atoms with Crippen molar-refractivity contribution in [1.29, 1.82) is 5.26 Å². The minimum Gasteiger partial charge on any atom is -0.386 e. The molecule has 43 heavy (non-hydrogen) atoms. The number of urea groups is 1. The fraction of sp³-hybridized carbons (Fsp3) is 0.182. The number of hydrogen-bond acceptors (Lipinski definition) is 5. The minimum atomic E-state index is -1.13. The molecule has 2 aliphatic rings. The topological polar surface area (TPSA) is 143 Å². The largest absolute Gasteiger partial charge is 0.506 e. The molecule has 0 bridgehead atoms. The molecule has 1 atom stereocenters. The maximum Gasteiger partial charge on any atom is 0.506 e. The van der Waals surface area contributed by atoms with Gasteiger partial charge in [0, 0.05) is 27.4 Å². The Labute approximate surface area is 245 Å². The van der Waals surface area contributed by atoms with E-state index in [1.807, 2.05) is 0 Å². The standard InChI is InChI=1S/C33H26FN5O4/c1-16-19(7-6-10-25(16)39-31(41)21-8-5-9-23(34)29(21)38(4)32(39)42)26-17(15-35)13-22(30(36)40)28-27(26)20-12-11-18(33(2,3)43)14-24(20)37-28/h5-14,21,43H,1-4H3,(H2-,36,37,40)/p+1. The van der Waals surface area contributed by atoms with Crippen LogP contribution in [0.2, 0.25) is 0 Å². The van der Waals surface area contributed by atoms with Gasteiger partial charge in [0.2, 0.25) is 0 Å². The number of halogens is 1. The first-order valence-corrected chi connectivity index (χ1v) is 13.5. The molecule has 10 heteroatoms. The van der Waals surface area contributed by atoms with Crippen molar-refractivity contribution < 1.29 is 28.5 Å². The van der Waals surface area contributed by atoms with Crippen LogP contribution in [0.25, 0.3) is 32.9 Å². The molecule has 4 N–H and O–H groups in total. The minimum absolute atomic E-state index is 0.0118. The number of imide groups is 1. The Morgan fingerprint density at radius 1 is 1.21 bits per heavy atom. The summed E-state index contributed by atoms with van der Waals surface area (Å²) in [5.74, 6) is -2.96. The monoisotopic (exact) mass is 576 g/mol. The Kier molecular flexibility index (Phi) is 6.18. The Bertz CT molecular complexity index is 2090. The molecule has 1 aliphatic heterocycles. The quantitative estimate of drug-likeness (QED) is 0.290. The molecule has 214 valence electrons. The molecule has 4 amide bonds. The summed E-state index contributed by atoms with van der Waals surface area (Å²) in [7, 11) is 1.42. The van der Waals surface area contributed by atoms with Crippen molar-refractivity contribution in [2.45, 2.75) is 26.4 Å². The van der Waals surface area contributed by atoms with Crippen LogP contribution in [0.4, 0.5) is 14.9 Å². The van der Waals surface area contributed by atoms with Gasteiger partial charge in [0.05, 0.1) is 35.4 Å². The summed E-state index contributed by atoms with van der Waals surface area (Å²) in [4.78, 5) is 44.0. The molecule has 4 aromatic rings. The van der Waals surface area contributed by atoms with E-state index in [2.05, 4.69) is 11.1 Å². The molecule has 1 unspecified atom stereocenters. The number of aromatic amines is 1. The lowest BCUT2D eigenvalue weighted by Crippen LogP contribution is -2.54. The van der Waals surface area contributed by atoms with Gasteiger partial charge in [-0.15, -0.1) is 4.90 Å². The number of nitrogens with one attached hydrogen (secondary N) is 1. The number of nitrogens with zero attached hydrogens (tertiary/aromatic N) is 3. The molecule has 1 aliphatic carbocycles. The highest BCUT2D eigenvalue weighted by molar-refractivity contribution is 6.27. The highest BCUT2D eigenvalue weighted by Gasteiger charge is 2.49. The molecular formula is C33H27FN5O4+. The van der Waals surface area contributed by atoms with Crippen molar-refractivity contribution in [3.8, 4) is 17.2 Å². The number of allylic oxidation sites excluding steroid dienone is 3. The summed E-state index contributed by atoms with van der Waals surface area (Å²) in [6, 6.07) is 13.3. The zero-order valence-electron chi connectivity index (χ0n) is 23.8. The van der Waals surface area contributed by atoms with Gasteiger partial charge in [0.1, 0.15) is 11.6 Å². The number of rotatable bonds is 4. The Balaban J connectivity index is 1.64. The lowest BCUT2D eigenvalue weighted by atomic mass is 9.88. The predicted octanol–water partition coefficient (Wildman–Crippen LogP) is 5.08. The van der Waals surface area contributed by atoms with Crippen LogP contribution in [0, 0.1) is 24.2 Å². The van der Waals surface area contributed by atoms with E-state index in [1.165, 1.54) is 25.3 Å². The third kappa shape index (κ3) is 4.08. The number of carbonyl (C=O) groups is 3. The summed E-state index contributed by atoms with van der Waals surface area (Å²) in [6.45, 7) is 5.06. The molecule has 2 heterocycles. The molecule has 0 saturated carbocycles. The van der Waals surface area contributed by atoms with Crippen molar-refractivity contribution in [3.05, 3.63) is 88.8 Å². The Morgan fingerprint density at radius 2 is 1.95 bits per heavy atom. The van der Waals surface area contributed by atoms with E-state index in [-0.39, 0.29) is 22.5 Å². The first-order chi connectivity index (χ1) is 20.3. The van der Waals surface area contributed by atoms with Gasteiger partial charge >= 0.3 is 11.9 Å². The second kappa shape index (κ2) is 9.58. The smallest absolute Gasteiger partial charge is 0.386 e. The third-order valence-electron chi connectivity index (χ3n) is 8.20. The maximum absolute atomic E-state index is 14.6. The second-order valence-electron chi connectivity index (χ2n) is 11.2. The summed E-state index contributed by atoms with van der Waals surface area (Å²) in [6.07, 6.45) is 4.20. The van der Waals surface area contributed by atoms with E-state index in [0.29, 0.717) is 44.1 Å². The maximum atomic E-state index is 14.6. The Morgan fingerprint density at radius 3 is 2.63 bits per heavy atom. The highest BCUT2D eigenvalue weighted by Crippen LogP contribution is 2.43. The summed E-state index contributed by atoms with van der Waals surface area (Å²) >= 11 is 0. The normalized spacial score (nSPS) is 17.0. The van der Waals surface area contributed by atoms with Crippen LogP contribution in [-0.2, 0) is 10.4 Å². The number of H-pyrrole nitrogens is 1. The first kappa shape index (κ1) is 27.8. The zero-order chi connectivity index (χ0) is 31.0. The van der Waals surface area contributed by atoms with Gasteiger partial charge in [-0.3, -0.25) is 4.79 Å². The highest BCUT2D eigenvalue weighted by atomic mass is 19.1. The second-order valence-corrected chi connectivity index (χ2v) is 11.2. The van der Waals surface area contributed by atoms with Crippen LogP contribution in [0.15, 0.2) is 66.5 Å². The van der Waals surface area contributed by atoms with Crippen LogP contribution in [0.5, 0.6) is 0 Å². The lowest BCUT2D eigenvalue weighted by molar-refractivity contribution is -0.395. The van der Waals surface area contributed by atoms with Crippen LogP contribution in [0.1, 0.15) is 40.9 Å². The summed E-state index contributed by atoms with van der Waals surface area (Å²) < 4.78 is 15.8. The zero-order valence-corrected chi connectivity index (χ0v) is 23.8. The van der Waals surface area contributed by atoms with Crippen LogP contribution in [0.3, 0.4) is 0 Å². The molecule has 0 spiro atoms. The number of hydrogen-bond donors (Lipinski definition) is 3.